The summed E-state index contributed by atoms with van der Waals surface area (Å²) < 4.78 is 0. The molecule has 5 nitrogen and oxygen atoms in total. The van der Waals surface area contributed by atoms with E-state index >= 15 is 0 Å². The Hall–Kier alpha value is -2.24. The Morgan fingerprint density at radius 3 is 2.72 bits per heavy atom. The lowest BCUT2D eigenvalue weighted by Gasteiger charge is -2.25. The van der Waals surface area contributed by atoms with E-state index in [2.05, 4.69) is 46.7 Å². The first-order chi connectivity index (χ1) is 13.0. The SMILES string of the molecule is CCN1C(=O)C(C)(C)c2cc3[nH]c(C4CCNc5ccccc54)nc3cc21.Cl.Cl. The fraction of sp³-hybridized carbons (Fsp3) is 0.364. The van der Waals surface area contributed by atoms with Crippen LogP contribution in [0.1, 0.15) is 50.1 Å². The van der Waals surface area contributed by atoms with Gasteiger partial charge in [0.2, 0.25) is 5.91 Å². The van der Waals surface area contributed by atoms with Crippen molar-refractivity contribution in [3.8, 4) is 0 Å². The summed E-state index contributed by atoms with van der Waals surface area (Å²) in [6, 6.07) is 12.7. The molecule has 154 valence electrons. The van der Waals surface area contributed by atoms with Gasteiger partial charge in [0.15, 0.2) is 0 Å². The van der Waals surface area contributed by atoms with Crippen LogP contribution in [-0.4, -0.2) is 29.0 Å². The molecule has 2 N–H and O–H groups in total. The van der Waals surface area contributed by atoms with Crippen molar-refractivity contribution < 1.29 is 4.79 Å². The number of imidazole rings is 1. The van der Waals surface area contributed by atoms with E-state index in [-0.39, 0.29) is 36.6 Å². The molecule has 3 aromatic rings. The predicted molar refractivity (Wildman–Crippen MR) is 123 cm³/mol. The summed E-state index contributed by atoms with van der Waals surface area (Å²) >= 11 is 0. The van der Waals surface area contributed by atoms with Gasteiger partial charge < -0.3 is 15.2 Å². The van der Waals surface area contributed by atoms with E-state index in [9.17, 15) is 4.79 Å². The highest BCUT2D eigenvalue weighted by molar-refractivity contribution is 6.09. The second-order valence-corrected chi connectivity index (χ2v) is 8.04. The zero-order chi connectivity index (χ0) is 18.8. The summed E-state index contributed by atoms with van der Waals surface area (Å²) in [4.78, 5) is 23.1. The standard InChI is InChI=1S/C22H24N4O.2ClH/c1-4-26-19-12-18-17(11-15(19)22(2,3)21(26)27)24-20(25-18)14-9-10-23-16-8-6-5-7-13(14)16;;/h5-8,11-12,14,23H,4,9-10H2,1-3H3,(H,24,25);2*1H. The van der Waals surface area contributed by atoms with Crippen molar-refractivity contribution in [3.63, 3.8) is 0 Å². The second-order valence-electron chi connectivity index (χ2n) is 8.04. The molecule has 1 aromatic heterocycles. The molecule has 7 heteroatoms. The maximum absolute atomic E-state index is 12.8. The lowest BCUT2D eigenvalue weighted by molar-refractivity contribution is -0.122. The number of hydrogen-bond donors (Lipinski definition) is 2. The number of amides is 1. The number of benzene rings is 2. The van der Waals surface area contributed by atoms with Crippen LogP contribution in [0.2, 0.25) is 0 Å². The summed E-state index contributed by atoms with van der Waals surface area (Å²) in [7, 11) is 0. The number of fused-ring (bicyclic) bond motifs is 3. The van der Waals surface area contributed by atoms with Gasteiger partial charge in [-0.05, 0) is 56.5 Å². The first-order valence-electron chi connectivity index (χ1n) is 9.69. The Bertz CT molecular complexity index is 1080. The minimum Gasteiger partial charge on any atom is -0.385 e. The molecule has 0 radical (unpaired) electrons. The van der Waals surface area contributed by atoms with E-state index in [1.54, 1.807) is 0 Å². The summed E-state index contributed by atoms with van der Waals surface area (Å²) in [5.41, 5.74) is 6.03. The summed E-state index contributed by atoms with van der Waals surface area (Å²) in [5.74, 6) is 1.44. The molecule has 2 aliphatic heterocycles. The van der Waals surface area contributed by atoms with Crippen molar-refractivity contribution in [1.29, 1.82) is 0 Å². The van der Waals surface area contributed by atoms with Crippen LogP contribution in [-0.2, 0) is 10.2 Å². The number of nitrogens with one attached hydrogen (secondary N) is 2. The van der Waals surface area contributed by atoms with Crippen LogP contribution < -0.4 is 10.2 Å². The third-order valence-electron chi connectivity index (χ3n) is 6.09. The lowest BCUT2D eigenvalue weighted by Crippen LogP contribution is -2.35. The van der Waals surface area contributed by atoms with Crippen LogP contribution in [0.15, 0.2) is 36.4 Å². The van der Waals surface area contributed by atoms with Gasteiger partial charge in [0, 0.05) is 24.7 Å². The molecule has 3 heterocycles. The van der Waals surface area contributed by atoms with Crippen molar-refractivity contribution in [2.75, 3.05) is 23.3 Å². The number of hydrogen-bond acceptors (Lipinski definition) is 3. The average Bonchev–Trinajstić information content (AvgIpc) is 3.17. The first kappa shape index (κ1) is 21.5. The molecule has 0 saturated carbocycles. The van der Waals surface area contributed by atoms with Crippen LogP contribution in [0, 0.1) is 0 Å². The van der Waals surface area contributed by atoms with Crippen LogP contribution in [0.25, 0.3) is 11.0 Å². The smallest absolute Gasteiger partial charge is 0.237 e. The number of carbonyl (C=O) groups is 1. The van der Waals surface area contributed by atoms with E-state index < -0.39 is 5.41 Å². The number of para-hydroxylation sites is 1. The molecule has 2 aliphatic rings. The third-order valence-corrected chi connectivity index (χ3v) is 6.09. The highest BCUT2D eigenvalue weighted by Crippen LogP contribution is 2.44. The highest BCUT2D eigenvalue weighted by Gasteiger charge is 2.43. The molecule has 1 amide bonds. The number of carbonyl (C=O) groups excluding carboxylic acids is 1. The molecule has 0 bridgehead atoms. The van der Waals surface area contributed by atoms with E-state index in [4.69, 9.17) is 4.98 Å². The molecule has 1 unspecified atom stereocenters. The molecular formula is C22H26Cl2N4O. The topological polar surface area (TPSA) is 61.0 Å². The highest BCUT2D eigenvalue weighted by atomic mass is 35.5. The Morgan fingerprint density at radius 1 is 1.21 bits per heavy atom. The van der Waals surface area contributed by atoms with E-state index in [0.717, 1.165) is 41.1 Å². The molecule has 29 heavy (non-hydrogen) atoms. The van der Waals surface area contributed by atoms with Gasteiger partial charge in [-0.15, -0.1) is 24.8 Å². The maximum atomic E-state index is 12.8. The molecule has 0 spiro atoms. The van der Waals surface area contributed by atoms with Gasteiger partial charge in [-0.3, -0.25) is 4.79 Å². The largest absolute Gasteiger partial charge is 0.385 e. The normalized spacial score (nSPS) is 19.1. The Kier molecular flexibility index (Phi) is 5.58. The zero-order valence-corrected chi connectivity index (χ0v) is 18.4. The Balaban J connectivity index is 0.00000120. The molecule has 0 aliphatic carbocycles. The van der Waals surface area contributed by atoms with Crippen LogP contribution in [0.3, 0.4) is 0 Å². The Morgan fingerprint density at radius 2 is 1.97 bits per heavy atom. The first-order valence-corrected chi connectivity index (χ1v) is 9.69. The number of aromatic amines is 1. The molecule has 1 atom stereocenters. The average molecular weight is 433 g/mol. The number of anilines is 2. The minimum absolute atomic E-state index is 0. The molecule has 2 aromatic carbocycles. The lowest BCUT2D eigenvalue weighted by atomic mass is 9.86. The van der Waals surface area contributed by atoms with Gasteiger partial charge >= 0.3 is 0 Å². The maximum Gasteiger partial charge on any atom is 0.237 e. The minimum atomic E-state index is -0.494. The molecular weight excluding hydrogens is 407 g/mol. The van der Waals surface area contributed by atoms with Gasteiger partial charge in [0.05, 0.1) is 22.1 Å². The summed E-state index contributed by atoms with van der Waals surface area (Å²) in [6.07, 6.45) is 1.02. The van der Waals surface area contributed by atoms with Gasteiger partial charge in [0.25, 0.3) is 0 Å². The van der Waals surface area contributed by atoms with Crippen LogP contribution in [0.5, 0.6) is 0 Å². The zero-order valence-electron chi connectivity index (χ0n) is 16.8. The number of nitrogens with zero attached hydrogens (tertiary/aromatic N) is 2. The Labute approximate surface area is 183 Å². The van der Waals surface area contributed by atoms with E-state index in [0.29, 0.717) is 6.54 Å². The number of rotatable bonds is 2. The fourth-order valence-corrected chi connectivity index (χ4v) is 4.58. The molecule has 0 saturated heterocycles. The van der Waals surface area contributed by atoms with Crippen LogP contribution >= 0.6 is 24.8 Å². The summed E-state index contributed by atoms with van der Waals surface area (Å²) in [5, 5.41) is 3.48. The van der Waals surface area contributed by atoms with Crippen LogP contribution in [0.4, 0.5) is 11.4 Å². The predicted octanol–water partition coefficient (Wildman–Crippen LogP) is 5.00. The third kappa shape index (κ3) is 3.08. The van der Waals surface area contributed by atoms with Crippen molar-refractivity contribution in [1.82, 2.24) is 9.97 Å². The number of halogens is 2. The quantitative estimate of drug-likeness (QED) is 0.598. The van der Waals surface area contributed by atoms with Crippen molar-refractivity contribution in [2.24, 2.45) is 0 Å². The number of aromatic nitrogens is 2. The number of H-pyrrole nitrogens is 1. The van der Waals surface area contributed by atoms with Gasteiger partial charge in [-0.1, -0.05) is 18.2 Å². The monoisotopic (exact) mass is 432 g/mol. The van der Waals surface area contributed by atoms with E-state index in [1.165, 1.54) is 11.3 Å². The molecule has 0 fully saturated rings. The van der Waals surface area contributed by atoms with Gasteiger partial charge in [0.1, 0.15) is 5.82 Å². The molecule has 5 rings (SSSR count). The van der Waals surface area contributed by atoms with Gasteiger partial charge in [-0.2, -0.15) is 0 Å². The van der Waals surface area contributed by atoms with Crippen molar-refractivity contribution in [2.45, 2.75) is 38.5 Å². The summed E-state index contributed by atoms with van der Waals surface area (Å²) in [6.45, 7) is 7.67. The van der Waals surface area contributed by atoms with Crippen molar-refractivity contribution in [3.05, 3.63) is 53.3 Å². The number of likely N-dealkylation sites (N-methyl/N-ethyl adjacent to an activating group) is 1. The fourth-order valence-electron chi connectivity index (χ4n) is 4.58. The van der Waals surface area contributed by atoms with Gasteiger partial charge in [-0.25, -0.2) is 4.98 Å². The van der Waals surface area contributed by atoms with Crippen molar-refractivity contribution >= 4 is 53.1 Å². The second kappa shape index (κ2) is 7.54. The van der Waals surface area contributed by atoms with E-state index in [1.807, 2.05) is 25.7 Å².